The van der Waals surface area contributed by atoms with Crippen LogP contribution >= 0.6 is 23.3 Å². The number of aryl methyl sites for hydroxylation is 1. The molecule has 0 bridgehead atoms. The van der Waals surface area contributed by atoms with Crippen LogP contribution < -0.4 is 10.5 Å². The second kappa shape index (κ2) is 5.58. The van der Waals surface area contributed by atoms with Crippen molar-refractivity contribution >= 4 is 29.0 Å². The van der Waals surface area contributed by atoms with Gasteiger partial charge in [-0.05, 0) is 50.5 Å². The van der Waals surface area contributed by atoms with Crippen LogP contribution in [0.3, 0.4) is 0 Å². The molecule has 1 aromatic heterocycles. The second-order valence-electron chi connectivity index (χ2n) is 4.08. The minimum absolute atomic E-state index is 0.108. The van der Waals surface area contributed by atoms with Crippen LogP contribution in [0.5, 0.6) is 5.75 Å². The Hall–Kier alpha value is -1.27. The van der Waals surface area contributed by atoms with Gasteiger partial charge in [0.1, 0.15) is 11.6 Å². The zero-order valence-corrected chi connectivity index (χ0v) is 12.1. The lowest BCUT2D eigenvalue weighted by molar-refractivity contribution is 0.243. The molecule has 0 spiro atoms. The van der Waals surface area contributed by atoms with Gasteiger partial charge in [0, 0.05) is 4.90 Å². The van der Waals surface area contributed by atoms with Crippen molar-refractivity contribution < 1.29 is 4.74 Å². The Morgan fingerprint density at radius 1 is 1.39 bits per heavy atom. The molecule has 0 fully saturated rings. The van der Waals surface area contributed by atoms with Crippen LogP contribution in [-0.2, 0) is 0 Å². The summed E-state index contributed by atoms with van der Waals surface area (Å²) in [4.78, 5) is 5.37. The van der Waals surface area contributed by atoms with Crippen molar-refractivity contribution in [2.75, 3.05) is 5.73 Å². The van der Waals surface area contributed by atoms with Crippen LogP contribution in [0.2, 0.25) is 0 Å². The van der Waals surface area contributed by atoms with Crippen molar-refractivity contribution in [2.24, 2.45) is 0 Å². The number of nitrogens with zero attached hydrogens (tertiary/aromatic N) is 2. The Kier molecular flexibility index (Phi) is 4.08. The molecule has 0 saturated heterocycles. The third-order valence-electron chi connectivity index (χ3n) is 2.06. The molecule has 0 atom stereocenters. The summed E-state index contributed by atoms with van der Waals surface area (Å²) in [6, 6.07) is 5.76. The summed E-state index contributed by atoms with van der Waals surface area (Å²) >= 11 is 2.97. The van der Waals surface area contributed by atoms with Gasteiger partial charge in [0.15, 0.2) is 4.34 Å². The summed E-state index contributed by atoms with van der Waals surface area (Å²) in [6.07, 6.45) is 0.108. The van der Waals surface area contributed by atoms with E-state index in [2.05, 4.69) is 9.36 Å². The third-order valence-corrected chi connectivity index (χ3v) is 3.89. The van der Waals surface area contributed by atoms with Crippen molar-refractivity contribution in [3.05, 3.63) is 24.0 Å². The SMILES string of the molecule is Cc1nsc(Sc2ccc(N)c(OC(C)C)c2)n1. The van der Waals surface area contributed by atoms with Crippen molar-refractivity contribution in [1.82, 2.24) is 9.36 Å². The first-order valence-corrected chi connectivity index (χ1v) is 7.18. The van der Waals surface area contributed by atoms with Gasteiger partial charge in [-0.25, -0.2) is 4.98 Å². The summed E-state index contributed by atoms with van der Waals surface area (Å²) < 4.78 is 10.7. The van der Waals surface area contributed by atoms with E-state index >= 15 is 0 Å². The van der Waals surface area contributed by atoms with Crippen molar-refractivity contribution in [3.8, 4) is 5.75 Å². The van der Waals surface area contributed by atoms with Crippen molar-refractivity contribution in [1.29, 1.82) is 0 Å². The van der Waals surface area contributed by atoms with Crippen LogP contribution in [0, 0.1) is 6.92 Å². The molecule has 0 aliphatic carbocycles. The topological polar surface area (TPSA) is 61.0 Å². The van der Waals surface area contributed by atoms with Gasteiger partial charge < -0.3 is 10.5 Å². The molecule has 96 valence electrons. The van der Waals surface area contributed by atoms with E-state index in [1.807, 2.05) is 39.0 Å². The molecule has 1 heterocycles. The smallest absolute Gasteiger partial charge is 0.174 e. The summed E-state index contributed by atoms with van der Waals surface area (Å²) in [7, 11) is 0. The Bertz CT molecular complexity index is 540. The Balaban J connectivity index is 2.18. The number of ether oxygens (including phenoxy) is 1. The largest absolute Gasteiger partial charge is 0.489 e. The van der Waals surface area contributed by atoms with Crippen LogP contribution in [-0.4, -0.2) is 15.5 Å². The van der Waals surface area contributed by atoms with Gasteiger partial charge in [-0.1, -0.05) is 11.8 Å². The van der Waals surface area contributed by atoms with Crippen LogP contribution in [0.15, 0.2) is 27.4 Å². The highest BCUT2D eigenvalue weighted by Crippen LogP contribution is 2.34. The van der Waals surface area contributed by atoms with Gasteiger partial charge in [0.2, 0.25) is 0 Å². The van der Waals surface area contributed by atoms with Gasteiger partial charge in [0.25, 0.3) is 0 Å². The summed E-state index contributed by atoms with van der Waals surface area (Å²) in [6.45, 7) is 5.84. The maximum Gasteiger partial charge on any atom is 0.174 e. The van der Waals surface area contributed by atoms with E-state index in [9.17, 15) is 0 Å². The standard InChI is InChI=1S/C12H15N3OS2/c1-7(2)16-11-6-9(4-5-10(11)13)17-12-14-8(3)15-18-12/h4-7H,13H2,1-3H3. The number of aromatic nitrogens is 2. The Morgan fingerprint density at radius 2 is 2.17 bits per heavy atom. The van der Waals surface area contributed by atoms with E-state index in [0.717, 1.165) is 20.8 Å². The third kappa shape index (κ3) is 3.36. The highest BCUT2D eigenvalue weighted by molar-refractivity contribution is 8.01. The number of rotatable bonds is 4. The summed E-state index contributed by atoms with van der Waals surface area (Å²) in [5.41, 5.74) is 6.53. The fourth-order valence-electron chi connectivity index (χ4n) is 1.35. The monoisotopic (exact) mass is 281 g/mol. The first-order valence-electron chi connectivity index (χ1n) is 5.59. The second-order valence-corrected chi connectivity index (χ2v) is 6.15. The first kappa shape index (κ1) is 13.2. The van der Waals surface area contributed by atoms with Crippen LogP contribution in [0.1, 0.15) is 19.7 Å². The molecule has 0 aliphatic heterocycles. The predicted molar refractivity (Wildman–Crippen MR) is 75.4 cm³/mol. The molecule has 2 N–H and O–H groups in total. The molecule has 0 unspecified atom stereocenters. The van der Waals surface area contributed by atoms with Crippen molar-refractivity contribution in [3.63, 3.8) is 0 Å². The first-order chi connectivity index (χ1) is 8.54. The summed E-state index contributed by atoms with van der Waals surface area (Å²) in [5, 5.41) is 0. The van der Waals surface area contributed by atoms with E-state index in [4.69, 9.17) is 10.5 Å². The average Bonchev–Trinajstić information content (AvgIpc) is 2.68. The number of hydrogen-bond acceptors (Lipinski definition) is 6. The van der Waals surface area contributed by atoms with E-state index in [1.54, 1.807) is 11.8 Å². The predicted octanol–water partition coefficient (Wildman–Crippen LogP) is 3.37. The van der Waals surface area contributed by atoms with Crippen LogP contribution in [0.4, 0.5) is 5.69 Å². The molecule has 0 aliphatic rings. The van der Waals surface area contributed by atoms with E-state index in [-0.39, 0.29) is 6.10 Å². The number of nitrogens with two attached hydrogens (primary N) is 1. The number of benzene rings is 1. The molecule has 4 nitrogen and oxygen atoms in total. The normalized spacial score (nSPS) is 10.9. The lowest BCUT2D eigenvalue weighted by Gasteiger charge is -2.12. The van der Waals surface area contributed by atoms with Gasteiger partial charge in [0.05, 0.1) is 11.8 Å². The molecule has 0 amide bonds. The Labute approximate surface area is 115 Å². The van der Waals surface area contributed by atoms with Gasteiger partial charge in [-0.15, -0.1) is 0 Å². The van der Waals surface area contributed by atoms with E-state index in [1.165, 1.54) is 11.5 Å². The van der Waals surface area contributed by atoms with Gasteiger partial charge in [-0.3, -0.25) is 0 Å². The fraction of sp³-hybridized carbons (Fsp3) is 0.333. The molecular weight excluding hydrogens is 266 g/mol. The highest BCUT2D eigenvalue weighted by Gasteiger charge is 2.08. The average molecular weight is 281 g/mol. The quantitative estimate of drug-likeness (QED) is 0.871. The lowest BCUT2D eigenvalue weighted by atomic mass is 10.3. The molecule has 1 aromatic carbocycles. The minimum Gasteiger partial charge on any atom is -0.489 e. The van der Waals surface area contributed by atoms with Gasteiger partial charge in [-0.2, -0.15) is 4.37 Å². The molecule has 0 saturated carbocycles. The minimum atomic E-state index is 0.108. The number of nitrogen functional groups attached to an aromatic ring is 1. The molecule has 2 rings (SSSR count). The lowest BCUT2D eigenvalue weighted by Crippen LogP contribution is -2.07. The molecular formula is C12H15N3OS2. The fourth-order valence-corrected chi connectivity index (χ4v) is 3.01. The molecule has 6 heteroatoms. The van der Waals surface area contributed by atoms with Gasteiger partial charge >= 0.3 is 0 Å². The number of anilines is 1. The van der Waals surface area contributed by atoms with Crippen molar-refractivity contribution in [2.45, 2.75) is 36.1 Å². The van der Waals surface area contributed by atoms with E-state index in [0.29, 0.717) is 5.69 Å². The maximum absolute atomic E-state index is 5.88. The number of hydrogen-bond donors (Lipinski definition) is 1. The molecule has 0 radical (unpaired) electrons. The Morgan fingerprint density at radius 3 is 2.78 bits per heavy atom. The van der Waals surface area contributed by atoms with E-state index < -0.39 is 0 Å². The molecule has 18 heavy (non-hydrogen) atoms. The zero-order chi connectivity index (χ0) is 13.1. The molecule has 2 aromatic rings. The summed E-state index contributed by atoms with van der Waals surface area (Å²) in [5.74, 6) is 1.52. The van der Waals surface area contributed by atoms with Crippen LogP contribution in [0.25, 0.3) is 0 Å². The highest BCUT2D eigenvalue weighted by atomic mass is 32.2. The maximum atomic E-state index is 5.88. The zero-order valence-electron chi connectivity index (χ0n) is 10.5.